The zero-order chi connectivity index (χ0) is 27.7. The van der Waals surface area contributed by atoms with Crippen LogP contribution in [-0.2, 0) is 36.9 Å². The van der Waals surface area contributed by atoms with Gasteiger partial charge < -0.3 is 19.7 Å². The zero-order valence-corrected chi connectivity index (χ0v) is 22.6. The van der Waals surface area contributed by atoms with Gasteiger partial charge in [-0.15, -0.1) is 0 Å². The second-order valence-corrected chi connectivity index (χ2v) is 10.7. The fraction of sp³-hybridized carbons (Fsp3) is 0.467. The van der Waals surface area contributed by atoms with E-state index in [0.29, 0.717) is 19.4 Å². The first-order chi connectivity index (χ1) is 18.0. The van der Waals surface area contributed by atoms with Gasteiger partial charge in [0.25, 0.3) is 0 Å². The summed E-state index contributed by atoms with van der Waals surface area (Å²) in [4.78, 5) is 53.4. The number of hydrogen-bond donors (Lipinski definition) is 1. The van der Waals surface area contributed by atoms with E-state index in [1.807, 2.05) is 60.7 Å². The van der Waals surface area contributed by atoms with E-state index in [1.165, 1.54) is 4.90 Å². The molecule has 0 spiro atoms. The van der Waals surface area contributed by atoms with Gasteiger partial charge in [0, 0.05) is 18.9 Å². The number of esters is 1. The highest BCUT2D eigenvalue weighted by Crippen LogP contribution is 2.23. The average Bonchev–Trinajstić information content (AvgIpc) is 3.37. The van der Waals surface area contributed by atoms with E-state index in [9.17, 15) is 19.2 Å². The molecule has 0 aromatic heterocycles. The summed E-state index contributed by atoms with van der Waals surface area (Å²) in [7, 11) is 0. The monoisotopic (exact) mass is 522 g/mol. The summed E-state index contributed by atoms with van der Waals surface area (Å²) in [6.45, 7) is 7.56. The summed E-state index contributed by atoms with van der Waals surface area (Å²) >= 11 is 0. The fourth-order valence-corrected chi connectivity index (χ4v) is 4.48. The minimum atomic E-state index is -0.872. The first kappa shape index (κ1) is 28.9. The zero-order valence-electron chi connectivity index (χ0n) is 22.6. The summed E-state index contributed by atoms with van der Waals surface area (Å²) in [5.41, 5.74) is 1.05. The lowest BCUT2D eigenvalue weighted by Gasteiger charge is -2.28. The summed E-state index contributed by atoms with van der Waals surface area (Å²) in [6, 6.07) is 17.1. The molecule has 1 saturated heterocycles. The van der Waals surface area contributed by atoms with Gasteiger partial charge in [0.2, 0.25) is 5.91 Å². The molecule has 38 heavy (non-hydrogen) atoms. The quantitative estimate of drug-likeness (QED) is 0.463. The lowest BCUT2D eigenvalue weighted by Crippen LogP contribution is -2.47. The fourth-order valence-electron chi connectivity index (χ4n) is 4.48. The van der Waals surface area contributed by atoms with Gasteiger partial charge in [0.05, 0.1) is 6.04 Å². The number of benzene rings is 2. The van der Waals surface area contributed by atoms with Crippen molar-refractivity contribution in [1.29, 1.82) is 0 Å². The molecule has 1 aliphatic heterocycles. The number of carbonyl (C=O) groups is 4. The Bertz CT molecular complexity index is 1100. The number of ketones is 1. The van der Waals surface area contributed by atoms with Gasteiger partial charge in [-0.05, 0) is 51.2 Å². The van der Waals surface area contributed by atoms with Crippen LogP contribution in [0.15, 0.2) is 60.7 Å². The number of amides is 2. The molecule has 2 aromatic carbocycles. The van der Waals surface area contributed by atoms with Crippen molar-refractivity contribution in [2.45, 2.75) is 77.7 Å². The maximum atomic E-state index is 13.5. The molecule has 1 N–H and O–H groups in total. The third-order valence-electron chi connectivity index (χ3n) is 6.35. The van der Waals surface area contributed by atoms with Crippen molar-refractivity contribution in [2.24, 2.45) is 5.92 Å². The van der Waals surface area contributed by atoms with Crippen LogP contribution in [0.3, 0.4) is 0 Å². The van der Waals surface area contributed by atoms with Crippen molar-refractivity contribution < 1.29 is 28.7 Å². The standard InChI is InChI=1S/C30H38N2O6/c1-21(18-26(33)32-17-11-16-25(32)28(35)38-30(2,3)4)27(34)24(19-22-12-7-5-8-13-22)31-29(36)37-20-23-14-9-6-10-15-23/h5-10,12-15,21,24-25H,11,16-20H2,1-4H3,(H,31,36)/t21?,24?,25-/m0/s1. The molecule has 0 aliphatic carbocycles. The molecule has 3 atom stereocenters. The summed E-state index contributed by atoms with van der Waals surface area (Å²) in [5, 5.41) is 2.70. The molecule has 1 heterocycles. The van der Waals surface area contributed by atoms with Crippen LogP contribution in [0.4, 0.5) is 4.79 Å². The van der Waals surface area contributed by atoms with Gasteiger partial charge in [-0.3, -0.25) is 9.59 Å². The lowest BCUT2D eigenvalue weighted by atomic mass is 9.92. The molecule has 3 rings (SSSR count). The maximum absolute atomic E-state index is 13.5. The van der Waals surface area contributed by atoms with Gasteiger partial charge in [-0.2, -0.15) is 0 Å². The second-order valence-electron chi connectivity index (χ2n) is 10.7. The van der Waals surface area contributed by atoms with Gasteiger partial charge in [-0.1, -0.05) is 67.6 Å². The molecule has 0 bridgehead atoms. The Labute approximate surface area is 224 Å². The molecule has 2 aromatic rings. The summed E-state index contributed by atoms with van der Waals surface area (Å²) < 4.78 is 10.8. The van der Waals surface area contributed by atoms with Crippen LogP contribution in [0.5, 0.6) is 0 Å². The van der Waals surface area contributed by atoms with E-state index in [0.717, 1.165) is 11.1 Å². The molecule has 8 nitrogen and oxygen atoms in total. The van der Waals surface area contributed by atoms with E-state index >= 15 is 0 Å². The molecule has 204 valence electrons. The Kier molecular flexibility index (Phi) is 10.0. The third-order valence-corrected chi connectivity index (χ3v) is 6.35. The highest BCUT2D eigenvalue weighted by Gasteiger charge is 2.38. The molecule has 1 fully saturated rings. The SMILES string of the molecule is CC(CC(=O)N1CCC[C@H]1C(=O)OC(C)(C)C)C(=O)C(Cc1ccccc1)NC(=O)OCc1ccccc1. The van der Waals surface area contributed by atoms with Crippen molar-refractivity contribution in [2.75, 3.05) is 6.54 Å². The Morgan fingerprint density at radius 2 is 1.58 bits per heavy atom. The van der Waals surface area contributed by atoms with E-state index in [4.69, 9.17) is 9.47 Å². The minimum Gasteiger partial charge on any atom is -0.458 e. The van der Waals surface area contributed by atoms with Gasteiger partial charge >= 0.3 is 12.1 Å². The number of alkyl carbamates (subject to hydrolysis) is 1. The highest BCUT2D eigenvalue weighted by molar-refractivity contribution is 5.93. The topological polar surface area (TPSA) is 102 Å². The smallest absolute Gasteiger partial charge is 0.408 e. The molecular formula is C30H38N2O6. The minimum absolute atomic E-state index is 0.0653. The van der Waals surface area contributed by atoms with Crippen molar-refractivity contribution in [3.05, 3.63) is 71.8 Å². The number of Topliss-reactive ketones (excluding diaryl/α,β-unsaturated/α-hetero) is 1. The van der Waals surface area contributed by atoms with Crippen LogP contribution in [0.1, 0.15) is 58.1 Å². The maximum Gasteiger partial charge on any atom is 0.408 e. The number of rotatable bonds is 10. The number of likely N-dealkylation sites (tertiary alicyclic amines) is 1. The van der Waals surface area contributed by atoms with E-state index < -0.39 is 35.7 Å². The Morgan fingerprint density at radius 3 is 2.18 bits per heavy atom. The second kappa shape index (κ2) is 13.2. The molecule has 1 aliphatic rings. The molecular weight excluding hydrogens is 484 g/mol. The number of ether oxygens (including phenoxy) is 2. The predicted octanol–water partition coefficient (Wildman–Crippen LogP) is 4.45. The predicted molar refractivity (Wildman–Crippen MR) is 143 cm³/mol. The van der Waals surface area contributed by atoms with Crippen molar-refractivity contribution >= 4 is 23.8 Å². The van der Waals surface area contributed by atoms with Gasteiger partial charge in [0.15, 0.2) is 5.78 Å². The summed E-state index contributed by atoms with van der Waals surface area (Å²) in [5.74, 6) is -1.64. The largest absolute Gasteiger partial charge is 0.458 e. The van der Waals surface area contributed by atoms with E-state index in [1.54, 1.807) is 27.7 Å². The molecule has 8 heteroatoms. The molecule has 2 amide bonds. The van der Waals surface area contributed by atoms with Gasteiger partial charge in [-0.25, -0.2) is 9.59 Å². The van der Waals surface area contributed by atoms with Gasteiger partial charge in [0.1, 0.15) is 18.2 Å². The highest BCUT2D eigenvalue weighted by atomic mass is 16.6. The van der Waals surface area contributed by atoms with Crippen LogP contribution in [0.2, 0.25) is 0 Å². The Hall–Kier alpha value is -3.68. The third kappa shape index (κ3) is 8.71. The van der Waals surface area contributed by atoms with E-state index in [2.05, 4.69) is 5.32 Å². The van der Waals surface area contributed by atoms with Crippen LogP contribution >= 0.6 is 0 Å². The Balaban J connectivity index is 1.65. The van der Waals surface area contributed by atoms with Crippen molar-refractivity contribution in [3.8, 4) is 0 Å². The van der Waals surface area contributed by atoms with Crippen LogP contribution in [-0.4, -0.2) is 52.9 Å². The molecule has 2 unspecified atom stereocenters. The first-order valence-electron chi connectivity index (χ1n) is 13.1. The van der Waals surface area contributed by atoms with Crippen molar-refractivity contribution in [1.82, 2.24) is 10.2 Å². The van der Waals surface area contributed by atoms with Crippen molar-refractivity contribution in [3.63, 3.8) is 0 Å². The Morgan fingerprint density at radius 1 is 0.974 bits per heavy atom. The number of nitrogens with zero attached hydrogens (tertiary/aromatic N) is 1. The van der Waals surface area contributed by atoms with Crippen LogP contribution in [0.25, 0.3) is 0 Å². The number of nitrogens with one attached hydrogen (secondary N) is 1. The first-order valence-corrected chi connectivity index (χ1v) is 13.1. The number of carbonyl (C=O) groups excluding carboxylic acids is 4. The number of hydrogen-bond acceptors (Lipinski definition) is 6. The molecule has 0 radical (unpaired) electrons. The summed E-state index contributed by atoms with van der Waals surface area (Å²) in [6.07, 6.45) is 0.733. The normalized spacial score (nSPS) is 16.8. The average molecular weight is 523 g/mol. The van der Waals surface area contributed by atoms with Crippen LogP contribution in [0, 0.1) is 5.92 Å². The molecule has 0 saturated carbocycles. The van der Waals surface area contributed by atoms with Crippen LogP contribution < -0.4 is 5.32 Å². The van der Waals surface area contributed by atoms with E-state index in [-0.39, 0.29) is 31.1 Å². The lowest BCUT2D eigenvalue weighted by molar-refractivity contribution is -0.163.